The molecule has 0 aromatic heterocycles. The van der Waals surface area contributed by atoms with Crippen molar-refractivity contribution in [3.05, 3.63) is 110 Å². The largest absolute Gasteiger partial charge is 0.387 e. The molecule has 2 aromatic rings. The molecule has 0 radical (unpaired) electrons. The molecule has 1 N–H and O–H groups in total. The molecule has 0 saturated heterocycles. The van der Waals surface area contributed by atoms with Crippen LogP contribution in [0.4, 0.5) is 0 Å². The Balaban J connectivity index is 1.93. The number of rotatable bonds is 15. The van der Waals surface area contributed by atoms with Gasteiger partial charge in [0, 0.05) is 0 Å². The second-order valence-electron chi connectivity index (χ2n) is 8.27. The summed E-state index contributed by atoms with van der Waals surface area (Å²) in [6.07, 6.45) is 0.606. The minimum atomic E-state index is -1.03. The van der Waals surface area contributed by atoms with Gasteiger partial charge in [0.15, 0.2) is 0 Å². The van der Waals surface area contributed by atoms with Crippen molar-refractivity contribution in [2.24, 2.45) is 0 Å². The Bertz CT molecular complexity index is 887. The third kappa shape index (κ3) is 7.70. The van der Waals surface area contributed by atoms with Crippen molar-refractivity contribution in [1.82, 2.24) is 0 Å². The van der Waals surface area contributed by atoms with Crippen LogP contribution in [0.25, 0.3) is 0 Å². The zero-order valence-corrected chi connectivity index (χ0v) is 20.1. The maximum atomic E-state index is 11.4. The zero-order chi connectivity index (χ0) is 24.9. The van der Waals surface area contributed by atoms with Gasteiger partial charge in [0.25, 0.3) is 0 Å². The van der Waals surface area contributed by atoms with Crippen LogP contribution < -0.4 is 0 Å². The highest BCUT2D eigenvalue weighted by Gasteiger charge is 2.53. The van der Waals surface area contributed by atoms with Gasteiger partial charge in [0.1, 0.15) is 36.6 Å². The Morgan fingerprint density at radius 2 is 0.886 bits per heavy atom. The van der Waals surface area contributed by atoms with Gasteiger partial charge in [-0.1, -0.05) is 78.9 Å². The molecule has 0 unspecified atom stereocenters. The smallest absolute Gasteiger partial charge is 0.116 e. The molecule has 1 saturated carbocycles. The normalized spacial score (nSPS) is 26.2. The minimum absolute atomic E-state index is 0.241. The van der Waals surface area contributed by atoms with E-state index in [4.69, 9.17) is 23.7 Å². The van der Waals surface area contributed by atoms with Crippen molar-refractivity contribution >= 4 is 0 Å². The molecule has 6 nitrogen and oxygen atoms in total. The van der Waals surface area contributed by atoms with Crippen LogP contribution in [0.1, 0.15) is 11.1 Å². The summed E-state index contributed by atoms with van der Waals surface area (Å²) >= 11 is 0. The third-order valence-corrected chi connectivity index (χ3v) is 5.76. The number of aliphatic hydroxyl groups is 1. The number of benzene rings is 2. The molecular weight excluding hydrogens is 444 g/mol. The monoisotopic (exact) mass is 480 g/mol. The highest BCUT2D eigenvalue weighted by Crippen LogP contribution is 2.33. The van der Waals surface area contributed by atoms with E-state index in [0.717, 1.165) is 11.1 Å². The lowest BCUT2D eigenvalue weighted by molar-refractivity contribution is -0.273. The first-order valence-electron chi connectivity index (χ1n) is 11.9. The molecule has 1 aliphatic rings. The summed E-state index contributed by atoms with van der Waals surface area (Å²) in [5.41, 5.74) is 2.01. The fraction of sp³-hybridized carbons (Fsp3) is 0.379. The number of aliphatic hydroxyl groups excluding tert-OH is 1. The Morgan fingerprint density at radius 3 is 1.29 bits per heavy atom. The van der Waals surface area contributed by atoms with Crippen molar-refractivity contribution < 1.29 is 28.8 Å². The van der Waals surface area contributed by atoms with Crippen molar-refractivity contribution in [2.75, 3.05) is 19.8 Å². The lowest BCUT2D eigenvalue weighted by atomic mass is 9.83. The van der Waals surface area contributed by atoms with Gasteiger partial charge < -0.3 is 28.8 Å². The summed E-state index contributed by atoms with van der Waals surface area (Å²) in [6.45, 7) is 12.7. The number of hydrogen-bond donors (Lipinski definition) is 1. The van der Waals surface area contributed by atoms with E-state index in [9.17, 15) is 5.11 Å². The SMILES string of the molecule is C=CCO[C@H]1[C@@H](OCc2ccccc2)[C@@H](OCc2ccccc2)[C@@H](OCC=C)[C@@H](O)[C@@H]1OCC=C. The summed E-state index contributed by atoms with van der Waals surface area (Å²) < 4.78 is 31.0. The fourth-order valence-corrected chi connectivity index (χ4v) is 4.16. The maximum Gasteiger partial charge on any atom is 0.116 e. The van der Waals surface area contributed by atoms with E-state index in [2.05, 4.69) is 19.7 Å². The fourth-order valence-electron chi connectivity index (χ4n) is 4.16. The molecular formula is C29H36O6. The van der Waals surface area contributed by atoms with Crippen molar-refractivity contribution in [2.45, 2.75) is 49.8 Å². The molecule has 0 bridgehead atoms. The molecule has 1 aliphatic carbocycles. The van der Waals surface area contributed by atoms with Crippen molar-refractivity contribution in [3.8, 4) is 0 Å². The summed E-state index contributed by atoms with van der Waals surface area (Å²) in [5.74, 6) is 0. The quantitative estimate of drug-likeness (QED) is 0.385. The molecule has 6 heteroatoms. The van der Waals surface area contributed by atoms with E-state index in [1.54, 1.807) is 18.2 Å². The van der Waals surface area contributed by atoms with Gasteiger partial charge in [-0.2, -0.15) is 0 Å². The molecule has 0 amide bonds. The van der Waals surface area contributed by atoms with E-state index in [1.807, 2.05) is 60.7 Å². The Kier molecular flexibility index (Phi) is 11.4. The van der Waals surface area contributed by atoms with Gasteiger partial charge in [-0.15, -0.1) is 19.7 Å². The molecule has 1 fully saturated rings. The van der Waals surface area contributed by atoms with Gasteiger partial charge >= 0.3 is 0 Å². The van der Waals surface area contributed by atoms with E-state index in [0.29, 0.717) is 13.2 Å². The van der Waals surface area contributed by atoms with Gasteiger partial charge in [-0.05, 0) is 11.1 Å². The van der Waals surface area contributed by atoms with Gasteiger partial charge in [0.2, 0.25) is 0 Å². The van der Waals surface area contributed by atoms with E-state index in [-0.39, 0.29) is 19.8 Å². The Labute approximate surface area is 208 Å². The Hall–Kier alpha value is -2.58. The van der Waals surface area contributed by atoms with E-state index >= 15 is 0 Å². The third-order valence-electron chi connectivity index (χ3n) is 5.76. The predicted molar refractivity (Wildman–Crippen MR) is 136 cm³/mol. The Morgan fingerprint density at radius 1 is 0.543 bits per heavy atom. The van der Waals surface area contributed by atoms with Crippen LogP contribution in [0.2, 0.25) is 0 Å². The first-order chi connectivity index (χ1) is 17.2. The molecule has 0 heterocycles. The standard InChI is InChI=1S/C29H36O6/c1-4-17-31-25-24(30)26(32-18-5-2)28(34-20-22-13-9-7-10-14-22)29(27(25)33-19-6-3)35-21-23-15-11-8-12-16-23/h4-16,24-30H,1-3,17-21H2/t24-,25-,26-,27+,28-,29+/m0/s1. The average Bonchev–Trinajstić information content (AvgIpc) is 2.90. The van der Waals surface area contributed by atoms with Crippen LogP contribution in [0.15, 0.2) is 98.6 Å². The van der Waals surface area contributed by atoms with Crippen LogP contribution in [0, 0.1) is 0 Å². The van der Waals surface area contributed by atoms with Crippen LogP contribution in [-0.2, 0) is 36.9 Å². The summed E-state index contributed by atoms with van der Waals surface area (Å²) in [5, 5.41) is 11.4. The molecule has 35 heavy (non-hydrogen) atoms. The topological polar surface area (TPSA) is 66.4 Å². The second kappa shape index (κ2) is 14.7. The number of ether oxygens (including phenoxy) is 5. The maximum absolute atomic E-state index is 11.4. The molecule has 2 aromatic carbocycles. The molecule has 6 atom stereocenters. The lowest BCUT2D eigenvalue weighted by Gasteiger charge is -2.48. The van der Waals surface area contributed by atoms with Crippen molar-refractivity contribution in [1.29, 1.82) is 0 Å². The van der Waals surface area contributed by atoms with Gasteiger partial charge in [-0.3, -0.25) is 0 Å². The molecule has 0 aliphatic heterocycles. The highest BCUT2D eigenvalue weighted by molar-refractivity contribution is 5.15. The molecule has 188 valence electrons. The van der Waals surface area contributed by atoms with E-state index in [1.165, 1.54) is 0 Å². The predicted octanol–water partition coefficient (Wildman–Crippen LogP) is 4.25. The molecule has 0 spiro atoms. The summed E-state index contributed by atoms with van der Waals surface area (Å²) in [4.78, 5) is 0. The van der Waals surface area contributed by atoms with Crippen LogP contribution in [0.3, 0.4) is 0 Å². The van der Waals surface area contributed by atoms with Crippen molar-refractivity contribution in [3.63, 3.8) is 0 Å². The average molecular weight is 481 g/mol. The van der Waals surface area contributed by atoms with E-state index < -0.39 is 36.6 Å². The summed E-state index contributed by atoms with van der Waals surface area (Å²) in [7, 11) is 0. The first-order valence-corrected chi connectivity index (χ1v) is 11.9. The minimum Gasteiger partial charge on any atom is -0.387 e. The second-order valence-corrected chi connectivity index (χ2v) is 8.27. The molecule has 3 rings (SSSR count). The highest BCUT2D eigenvalue weighted by atomic mass is 16.6. The number of hydrogen-bond acceptors (Lipinski definition) is 6. The first kappa shape index (κ1) is 27.0. The zero-order valence-electron chi connectivity index (χ0n) is 20.1. The van der Waals surface area contributed by atoms with Gasteiger partial charge in [0.05, 0.1) is 33.0 Å². The lowest BCUT2D eigenvalue weighted by Crippen LogP contribution is -2.67. The summed E-state index contributed by atoms with van der Waals surface area (Å²) in [6, 6.07) is 19.7. The van der Waals surface area contributed by atoms with Gasteiger partial charge in [-0.25, -0.2) is 0 Å². The van der Waals surface area contributed by atoms with Crippen LogP contribution >= 0.6 is 0 Å². The van der Waals surface area contributed by atoms with Crippen LogP contribution in [0.5, 0.6) is 0 Å². The van der Waals surface area contributed by atoms with Crippen LogP contribution in [-0.4, -0.2) is 61.6 Å².